The van der Waals surface area contributed by atoms with Crippen molar-refractivity contribution >= 4 is 12.2 Å². The van der Waals surface area contributed by atoms with Gasteiger partial charge in [-0.15, -0.1) is 10.2 Å². The van der Waals surface area contributed by atoms with E-state index in [0.29, 0.717) is 0 Å². The molecule has 0 bridgehead atoms. The number of hydrogen-bond acceptors (Lipinski definition) is 4. The molecule has 0 atom stereocenters. The van der Waals surface area contributed by atoms with Crippen LogP contribution in [0.2, 0.25) is 0 Å². The van der Waals surface area contributed by atoms with E-state index in [1.165, 1.54) is 5.56 Å². The molecule has 1 heterocycles. The number of rotatable bonds is 4. The van der Waals surface area contributed by atoms with Gasteiger partial charge in [-0.1, -0.05) is 78.9 Å². The van der Waals surface area contributed by atoms with Crippen LogP contribution in [0.1, 0.15) is 11.1 Å². The van der Waals surface area contributed by atoms with Crippen LogP contribution < -0.4 is 18.6 Å². The Morgan fingerprint density at radius 3 is 1.29 bits per heavy atom. The van der Waals surface area contributed by atoms with Gasteiger partial charge in [-0.2, -0.15) is 0 Å². The van der Waals surface area contributed by atoms with Crippen LogP contribution in [0.25, 0.3) is 34.8 Å². The van der Waals surface area contributed by atoms with Gasteiger partial charge in [0.2, 0.25) is 0 Å². The Morgan fingerprint density at radius 1 is 0.516 bits per heavy atom. The minimum atomic E-state index is -4.94. The first-order chi connectivity index (χ1) is 14.9. The van der Waals surface area contributed by atoms with Crippen LogP contribution in [0.15, 0.2) is 108 Å². The van der Waals surface area contributed by atoms with E-state index in [2.05, 4.69) is 60.7 Å². The first-order valence-electron chi connectivity index (χ1n) is 9.32. The predicted molar refractivity (Wildman–Crippen MR) is 109 cm³/mol. The first-order valence-corrected chi connectivity index (χ1v) is 10.6. The summed E-state index contributed by atoms with van der Waals surface area (Å²) in [6, 6.07) is 34.9. The zero-order chi connectivity index (χ0) is 22.1. The molecule has 0 aliphatic heterocycles. The maximum atomic E-state index is 8.49. The molecule has 0 amide bonds. The highest BCUT2D eigenvalue weighted by Crippen LogP contribution is 2.29. The fraction of sp³-hybridized carbons (Fsp3) is 0. The van der Waals surface area contributed by atoms with Crippen molar-refractivity contribution < 1.29 is 33.3 Å². The van der Waals surface area contributed by atoms with Crippen molar-refractivity contribution in [2.75, 3.05) is 0 Å². The van der Waals surface area contributed by atoms with Crippen LogP contribution in [0.5, 0.6) is 0 Å². The lowest BCUT2D eigenvalue weighted by molar-refractivity contribution is -2.00. The monoisotopic (exact) mass is 434 g/mol. The van der Waals surface area contributed by atoms with Gasteiger partial charge in [-0.05, 0) is 35.4 Å². The fourth-order valence-electron chi connectivity index (χ4n) is 2.86. The third-order valence-electron chi connectivity index (χ3n) is 4.20. The van der Waals surface area contributed by atoms with Crippen LogP contribution in [-0.2, 0) is 0 Å². The highest BCUT2D eigenvalue weighted by Gasteiger charge is 2.18. The van der Waals surface area contributed by atoms with E-state index in [0.717, 1.165) is 28.2 Å². The standard InChI is InChI=1S/C25H19O.ClHO4/c1-4-10-20(11-5-1)16-17-21-18-24(22-12-6-2-7-13-22)26-25(19-21)23-14-8-3-9-15-23;2-1(3,4)5/h1-19H;(H,2,3,4,5)/q+1;/p-1. The second kappa shape index (κ2) is 10.6. The molecule has 0 unspecified atom stereocenters. The van der Waals surface area contributed by atoms with Crippen molar-refractivity contribution in [3.8, 4) is 22.6 Å². The smallest absolute Gasteiger partial charge is 0.222 e. The molecule has 0 radical (unpaired) electrons. The van der Waals surface area contributed by atoms with Crippen LogP contribution in [0.4, 0.5) is 0 Å². The Morgan fingerprint density at radius 2 is 0.871 bits per heavy atom. The molecule has 6 heteroatoms. The van der Waals surface area contributed by atoms with E-state index in [-0.39, 0.29) is 0 Å². The minimum absolute atomic E-state index is 0.861. The quantitative estimate of drug-likeness (QED) is 0.458. The summed E-state index contributed by atoms with van der Waals surface area (Å²) in [7, 11) is -4.94. The van der Waals surface area contributed by atoms with Crippen molar-refractivity contribution in [3.63, 3.8) is 0 Å². The fourth-order valence-corrected chi connectivity index (χ4v) is 2.86. The molecule has 156 valence electrons. The van der Waals surface area contributed by atoms with E-state index in [9.17, 15) is 0 Å². The summed E-state index contributed by atoms with van der Waals surface area (Å²) in [5, 5.41) is 0. The highest BCUT2D eigenvalue weighted by molar-refractivity contribution is 5.74. The Hall–Kier alpha value is -3.32. The molecule has 31 heavy (non-hydrogen) atoms. The summed E-state index contributed by atoms with van der Waals surface area (Å²) in [6.45, 7) is 0. The van der Waals surface area contributed by atoms with Crippen LogP contribution in [0.3, 0.4) is 0 Å². The van der Waals surface area contributed by atoms with Gasteiger partial charge in [0.1, 0.15) is 0 Å². The van der Waals surface area contributed by atoms with Gasteiger partial charge in [0, 0.05) is 0 Å². The molecule has 5 nitrogen and oxygen atoms in total. The molecule has 0 aliphatic carbocycles. The molecular weight excluding hydrogens is 416 g/mol. The first kappa shape index (κ1) is 22.4. The summed E-state index contributed by atoms with van der Waals surface area (Å²) in [5.41, 5.74) is 4.42. The average molecular weight is 435 g/mol. The molecule has 0 spiro atoms. The second-order valence-corrected chi connectivity index (χ2v) is 7.23. The summed E-state index contributed by atoms with van der Waals surface area (Å²) >= 11 is 0. The van der Waals surface area contributed by atoms with E-state index < -0.39 is 10.2 Å². The third kappa shape index (κ3) is 7.79. The zero-order valence-corrected chi connectivity index (χ0v) is 17.1. The van der Waals surface area contributed by atoms with Crippen LogP contribution in [-0.4, -0.2) is 0 Å². The lowest BCUT2D eigenvalue weighted by Gasteiger charge is -2.17. The van der Waals surface area contributed by atoms with Crippen LogP contribution in [0, 0.1) is 10.2 Å². The van der Waals surface area contributed by atoms with Crippen molar-refractivity contribution in [2.45, 2.75) is 0 Å². The summed E-state index contributed by atoms with van der Waals surface area (Å²) in [5.74, 6) is 1.72. The zero-order valence-electron chi connectivity index (χ0n) is 16.4. The van der Waals surface area contributed by atoms with Gasteiger partial charge >= 0.3 is 11.5 Å². The van der Waals surface area contributed by atoms with Gasteiger partial charge in [-0.25, -0.2) is 23.1 Å². The Bertz CT molecular complexity index is 1050. The van der Waals surface area contributed by atoms with Gasteiger partial charge in [-0.3, -0.25) is 0 Å². The van der Waals surface area contributed by atoms with Gasteiger partial charge in [0.15, 0.2) is 0 Å². The summed E-state index contributed by atoms with van der Waals surface area (Å²) in [6.07, 6.45) is 4.25. The van der Waals surface area contributed by atoms with Gasteiger partial charge in [0.25, 0.3) is 0 Å². The van der Waals surface area contributed by atoms with Crippen molar-refractivity contribution in [2.24, 2.45) is 0 Å². The molecule has 3 aromatic carbocycles. The highest BCUT2D eigenvalue weighted by atomic mass is 35.7. The lowest BCUT2D eigenvalue weighted by Crippen LogP contribution is -2.68. The Kier molecular flexibility index (Phi) is 7.67. The largest absolute Gasteiger partial charge is 0.361 e. The Labute approximate surface area is 182 Å². The Balaban J connectivity index is 0.000000491. The average Bonchev–Trinajstić information content (AvgIpc) is 2.78. The number of benzene rings is 3. The molecule has 0 saturated heterocycles. The molecule has 0 aliphatic rings. The predicted octanol–water partition coefficient (Wildman–Crippen LogP) is 2.31. The number of hydrogen-bond donors (Lipinski definition) is 0. The van der Waals surface area contributed by atoms with Gasteiger partial charge in [0.05, 0.1) is 23.3 Å². The summed E-state index contributed by atoms with van der Waals surface area (Å²) < 4.78 is 40.2. The van der Waals surface area contributed by atoms with Crippen LogP contribution >= 0.6 is 0 Å². The molecule has 0 N–H and O–H groups in total. The molecule has 0 saturated carbocycles. The lowest BCUT2D eigenvalue weighted by atomic mass is 10.1. The third-order valence-corrected chi connectivity index (χ3v) is 4.20. The van der Waals surface area contributed by atoms with E-state index in [1.807, 2.05) is 54.6 Å². The summed E-state index contributed by atoms with van der Waals surface area (Å²) in [4.78, 5) is 0. The second-order valence-electron chi connectivity index (χ2n) is 6.47. The van der Waals surface area contributed by atoms with Crippen molar-refractivity contribution in [1.82, 2.24) is 0 Å². The molecule has 4 aromatic rings. The SMILES string of the molecule is C(=Cc1cc(-c2ccccc2)[o+]c(-c2ccccc2)c1)c1ccccc1.[O-][Cl+3]([O-])([O-])[O-]. The van der Waals surface area contributed by atoms with E-state index in [4.69, 9.17) is 23.1 Å². The normalized spacial score (nSPS) is 11.1. The maximum Gasteiger partial charge on any atom is 0.361 e. The van der Waals surface area contributed by atoms with Crippen molar-refractivity contribution in [3.05, 3.63) is 114 Å². The van der Waals surface area contributed by atoms with Crippen molar-refractivity contribution in [1.29, 1.82) is 0 Å². The molecule has 1 aromatic heterocycles. The minimum Gasteiger partial charge on any atom is -0.222 e. The maximum absolute atomic E-state index is 8.49. The molecule has 0 fully saturated rings. The van der Waals surface area contributed by atoms with E-state index in [1.54, 1.807) is 0 Å². The van der Waals surface area contributed by atoms with Gasteiger partial charge < -0.3 is 0 Å². The molecular formula is C25H19ClO5. The van der Waals surface area contributed by atoms with E-state index >= 15 is 0 Å². The topological polar surface area (TPSA) is 104 Å². The number of halogens is 1. The molecule has 4 rings (SSSR count).